The quantitative estimate of drug-likeness (QED) is 0.580. The molecule has 3 aromatic rings. The van der Waals surface area contributed by atoms with Gasteiger partial charge < -0.3 is 0 Å². The van der Waals surface area contributed by atoms with Crippen LogP contribution < -0.4 is 0 Å². The Kier molecular flexibility index (Phi) is 3.48. The lowest BCUT2D eigenvalue weighted by Crippen LogP contribution is -1.96. The summed E-state index contributed by atoms with van der Waals surface area (Å²) in [6.45, 7) is 1.83. The molecule has 0 aliphatic heterocycles. The lowest BCUT2D eigenvalue weighted by molar-refractivity contribution is 0.626. The normalized spacial score (nSPS) is 14.3. The van der Waals surface area contributed by atoms with Gasteiger partial charge in [0.1, 0.15) is 5.82 Å². The summed E-state index contributed by atoms with van der Waals surface area (Å²) in [4.78, 5) is 0. The standard InChI is InChI=1S/C20H17F/c1-15(17-11-13-20(21)14-12-17)16-7-9-19(10-8-16)18-5-3-2-4-6-18/h2-15H,1H3/i15D. The topological polar surface area (TPSA) is 0 Å². The van der Waals surface area contributed by atoms with Crippen LogP contribution in [-0.4, -0.2) is 0 Å². The van der Waals surface area contributed by atoms with Crippen molar-refractivity contribution in [1.82, 2.24) is 0 Å². The number of benzene rings is 3. The molecule has 3 aromatic carbocycles. The Morgan fingerprint density at radius 2 is 1.19 bits per heavy atom. The Hall–Kier alpha value is -2.41. The van der Waals surface area contributed by atoms with Crippen molar-refractivity contribution in [2.75, 3.05) is 0 Å². The van der Waals surface area contributed by atoms with Crippen molar-refractivity contribution in [2.24, 2.45) is 0 Å². The predicted octanol–water partition coefficient (Wildman–Crippen LogP) is 5.64. The average Bonchev–Trinajstić information content (AvgIpc) is 2.56. The minimum absolute atomic E-state index is 0.279. The van der Waals surface area contributed by atoms with Crippen molar-refractivity contribution in [1.29, 1.82) is 0 Å². The van der Waals surface area contributed by atoms with Crippen LogP contribution in [0.4, 0.5) is 4.39 Å². The average molecular weight is 277 g/mol. The highest BCUT2D eigenvalue weighted by atomic mass is 19.1. The Labute approximate surface area is 126 Å². The zero-order valence-corrected chi connectivity index (χ0v) is 11.9. The second-order valence-corrected chi connectivity index (χ2v) is 5.08. The highest BCUT2D eigenvalue weighted by Gasteiger charge is 2.08. The molecular formula is C20H17F. The molecule has 0 N–H and O–H groups in total. The molecule has 1 heteroatoms. The summed E-state index contributed by atoms with van der Waals surface area (Å²) in [5.74, 6) is -1.18. The molecule has 0 amide bonds. The second kappa shape index (κ2) is 5.92. The summed E-state index contributed by atoms with van der Waals surface area (Å²) >= 11 is 0. The first-order valence-electron chi connectivity index (χ1n) is 7.49. The Morgan fingerprint density at radius 3 is 1.76 bits per heavy atom. The molecule has 0 radical (unpaired) electrons. The summed E-state index contributed by atoms with van der Waals surface area (Å²) in [6, 6.07) is 24.3. The largest absolute Gasteiger partial charge is 0.207 e. The highest BCUT2D eigenvalue weighted by Crippen LogP contribution is 2.27. The summed E-state index contributed by atoms with van der Waals surface area (Å²) in [5.41, 5.74) is 3.95. The maximum absolute atomic E-state index is 13.1. The summed E-state index contributed by atoms with van der Waals surface area (Å²) < 4.78 is 21.7. The molecule has 0 aromatic heterocycles. The van der Waals surface area contributed by atoms with Crippen LogP contribution in [0.15, 0.2) is 78.9 Å². The Morgan fingerprint density at radius 1 is 0.714 bits per heavy atom. The van der Waals surface area contributed by atoms with E-state index >= 15 is 0 Å². The van der Waals surface area contributed by atoms with E-state index in [2.05, 4.69) is 12.1 Å². The van der Waals surface area contributed by atoms with E-state index in [1.165, 1.54) is 12.1 Å². The molecule has 0 spiro atoms. The Bertz CT molecular complexity index is 744. The second-order valence-electron chi connectivity index (χ2n) is 5.08. The SMILES string of the molecule is [2H]C(C)(c1ccc(F)cc1)c1ccc(-c2ccccc2)cc1. The van der Waals surface area contributed by atoms with Crippen LogP contribution in [-0.2, 0) is 0 Å². The van der Waals surface area contributed by atoms with Crippen molar-refractivity contribution in [3.05, 3.63) is 95.8 Å². The fourth-order valence-electron chi connectivity index (χ4n) is 2.41. The van der Waals surface area contributed by atoms with Crippen molar-refractivity contribution in [3.8, 4) is 11.1 Å². The number of hydrogen-bond donors (Lipinski definition) is 0. The van der Waals surface area contributed by atoms with Gasteiger partial charge in [0.15, 0.2) is 0 Å². The first-order valence-corrected chi connectivity index (χ1v) is 6.99. The Balaban J connectivity index is 1.93. The molecule has 0 saturated heterocycles. The molecule has 3 rings (SSSR count). The van der Waals surface area contributed by atoms with Crippen LogP contribution in [0.25, 0.3) is 11.1 Å². The molecule has 0 saturated carbocycles. The van der Waals surface area contributed by atoms with E-state index < -0.39 is 5.89 Å². The zero-order valence-electron chi connectivity index (χ0n) is 12.9. The van der Waals surface area contributed by atoms with E-state index in [0.717, 1.165) is 22.3 Å². The molecule has 0 bridgehead atoms. The van der Waals surface area contributed by atoms with Crippen molar-refractivity contribution < 1.29 is 5.76 Å². The summed E-state index contributed by atoms with van der Waals surface area (Å²) in [5, 5.41) is 0. The van der Waals surface area contributed by atoms with Gasteiger partial charge in [-0.3, -0.25) is 0 Å². The molecule has 0 heterocycles. The lowest BCUT2D eigenvalue weighted by Gasteiger charge is -2.13. The molecule has 0 aliphatic rings. The van der Waals surface area contributed by atoms with Crippen LogP contribution in [0.5, 0.6) is 0 Å². The molecule has 0 aliphatic carbocycles. The van der Waals surface area contributed by atoms with Gasteiger partial charge in [0, 0.05) is 7.26 Å². The van der Waals surface area contributed by atoms with Crippen LogP contribution in [0.1, 0.15) is 25.3 Å². The molecule has 1 unspecified atom stereocenters. The maximum Gasteiger partial charge on any atom is 0.123 e. The van der Waals surface area contributed by atoms with Gasteiger partial charge >= 0.3 is 0 Å². The zero-order chi connectivity index (χ0) is 15.6. The highest BCUT2D eigenvalue weighted by molar-refractivity contribution is 5.63. The fourth-order valence-corrected chi connectivity index (χ4v) is 2.41. The van der Waals surface area contributed by atoms with Gasteiger partial charge in [0.05, 0.1) is 0 Å². The van der Waals surface area contributed by atoms with E-state index in [-0.39, 0.29) is 5.82 Å². The first-order chi connectivity index (χ1) is 10.6. The minimum atomic E-state index is -0.900. The molecule has 21 heavy (non-hydrogen) atoms. The van der Waals surface area contributed by atoms with E-state index in [4.69, 9.17) is 1.37 Å². The van der Waals surface area contributed by atoms with Gasteiger partial charge in [-0.2, -0.15) is 0 Å². The molecular weight excluding hydrogens is 259 g/mol. The van der Waals surface area contributed by atoms with E-state index in [1.54, 1.807) is 12.1 Å². The van der Waals surface area contributed by atoms with Crippen LogP contribution >= 0.6 is 0 Å². The smallest absolute Gasteiger partial charge is 0.123 e. The van der Waals surface area contributed by atoms with Gasteiger partial charge in [-0.1, -0.05) is 73.7 Å². The van der Waals surface area contributed by atoms with E-state index in [9.17, 15) is 4.39 Å². The number of rotatable bonds is 3. The lowest BCUT2D eigenvalue weighted by atomic mass is 9.92. The van der Waals surface area contributed by atoms with Crippen molar-refractivity contribution in [2.45, 2.75) is 12.8 Å². The molecule has 104 valence electrons. The van der Waals surface area contributed by atoms with E-state index in [0.29, 0.717) is 0 Å². The third-order valence-electron chi connectivity index (χ3n) is 3.70. The molecule has 0 nitrogen and oxygen atoms in total. The van der Waals surface area contributed by atoms with Crippen LogP contribution in [0.2, 0.25) is 0 Å². The van der Waals surface area contributed by atoms with Crippen LogP contribution in [0.3, 0.4) is 0 Å². The van der Waals surface area contributed by atoms with Crippen molar-refractivity contribution in [3.63, 3.8) is 0 Å². The number of halogens is 1. The van der Waals surface area contributed by atoms with Gasteiger partial charge in [0.25, 0.3) is 0 Å². The molecule has 0 fully saturated rings. The third kappa shape index (κ3) is 3.03. The third-order valence-corrected chi connectivity index (χ3v) is 3.70. The summed E-state index contributed by atoms with van der Waals surface area (Å²) in [6.07, 6.45) is 0. The van der Waals surface area contributed by atoms with Gasteiger partial charge in [-0.05, 0) is 34.4 Å². The van der Waals surface area contributed by atoms with Gasteiger partial charge in [-0.25, -0.2) is 4.39 Å². The fraction of sp³-hybridized carbons (Fsp3) is 0.100. The number of hydrogen-bond acceptors (Lipinski definition) is 0. The van der Waals surface area contributed by atoms with Gasteiger partial charge in [0.2, 0.25) is 0 Å². The minimum Gasteiger partial charge on any atom is -0.207 e. The maximum atomic E-state index is 13.1. The summed E-state index contributed by atoms with van der Waals surface area (Å²) in [7, 11) is 0. The van der Waals surface area contributed by atoms with Crippen LogP contribution in [0, 0.1) is 5.82 Å². The van der Waals surface area contributed by atoms with Crippen molar-refractivity contribution >= 4 is 0 Å². The first kappa shape index (κ1) is 12.3. The molecule has 1 atom stereocenters. The monoisotopic (exact) mass is 277 g/mol. The van der Waals surface area contributed by atoms with E-state index in [1.807, 2.05) is 49.4 Å². The predicted molar refractivity (Wildman–Crippen MR) is 85.8 cm³/mol. The van der Waals surface area contributed by atoms with Gasteiger partial charge in [-0.15, -0.1) is 0 Å².